The number of hydrogen-bond donors (Lipinski definition) is 2. The number of aliphatic hydroxyl groups is 1. The lowest BCUT2D eigenvalue weighted by atomic mass is 10.0. The van der Waals surface area contributed by atoms with E-state index in [1.165, 1.54) is 0 Å². The van der Waals surface area contributed by atoms with Gasteiger partial charge in [-0.1, -0.05) is 28.1 Å². The van der Waals surface area contributed by atoms with Gasteiger partial charge < -0.3 is 10.8 Å². The Balaban J connectivity index is 2.97. The monoisotopic (exact) mass is 243 g/mol. The van der Waals surface area contributed by atoms with Crippen LogP contribution in [0.15, 0.2) is 22.7 Å². The van der Waals surface area contributed by atoms with E-state index >= 15 is 0 Å². The van der Waals surface area contributed by atoms with Crippen molar-refractivity contribution < 1.29 is 5.11 Å². The summed E-state index contributed by atoms with van der Waals surface area (Å²) in [5.74, 6) is 0. The number of aryl methyl sites for hydroxylation is 1. The van der Waals surface area contributed by atoms with Crippen LogP contribution in [0.25, 0.3) is 0 Å². The topological polar surface area (TPSA) is 46.2 Å². The highest BCUT2D eigenvalue weighted by Crippen LogP contribution is 2.22. The molecule has 0 saturated heterocycles. The minimum Gasteiger partial charge on any atom is -0.387 e. The molecule has 0 aliphatic rings. The van der Waals surface area contributed by atoms with Gasteiger partial charge in [0.25, 0.3) is 0 Å². The Morgan fingerprint density at radius 2 is 2.08 bits per heavy atom. The number of aliphatic hydroxyl groups excluding tert-OH is 1. The summed E-state index contributed by atoms with van der Waals surface area (Å²) >= 11 is 3.41. The molecular formula is C10H14BrNO. The molecule has 13 heavy (non-hydrogen) atoms. The van der Waals surface area contributed by atoms with E-state index in [2.05, 4.69) is 15.9 Å². The highest BCUT2D eigenvalue weighted by atomic mass is 79.9. The molecule has 0 amide bonds. The standard InChI is InChI=1S/C10H14BrNO/c1-6-3-4-8(5-9(6)11)10(13)7(2)12/h3-5,7,10,13H,12H2,1-2H3. The molecule has 2 atom stereocenters. The van der Waals surface area contributed by atoms with Crippen LogP contribution in [-0.2, 0) is 0 Å². The number of rotatable bonds is 2. The third-order valence-corrected chi connectivity index (χ3v) is 2.89. The largest absolute Gasteiger partial charge is 0.387 e. The van der Waals surface area contributed by atoms with Crippen LogP contribution in [0.5, 0.6) is 0 Å². The predicted molar refractivity (Wildman–Crippen MR) is 57.5 cm³/mol. The fourth-order valence-electron chi connectivity index (χ4n) is 1.10. The Hall–Kier alpha value is -0.380. The average molecular weight is 244 g/mol. The second kappa shape index (κ2) is 4.22. The van der Waals surface area contributed by atoms with Crippen molar-refractivity contribution in [1.29, 1.82) is 0 Å². The highest BCUT2D eigenvalue weighted by Gasteiger charge is 2.12. The van der Waals surface area contributed by atoms with Gasteiger partial charge in [0.05, 0.1) is 6.10 Å². The molecule has 1 rings (SSSR count). The molecule has 0 fully saturated rings. The summed E-state index contributed by atoms with van der Waals surface area (Å²) in [5, 5.41) is 9.67. The first-order chi connectivity index (χ1) is 6.02. The van der Waals surface area contributed by atoms with Crippen LogP contribution in [0.2, 0.25) is 0 Å². The zero-order valence-electron chi connectivity index (χ0n) is 7.79. The minimum atomic E-state index is -0.586. The summed E-state index contributed by atoms with van der Waals surface area (Å²) < 4.78 is 1.00. The van der Waals surface area contributed by atoms with Gasteiger partial charge in [-0.15, -0.1) is 0 Å². The molecule has 3 N–H and O–H groups in total. The summed E-state index contributed by atoms with van der Waals surface area (Å²) in [4.78, 5) is 0. The zero-order chi connectivity index (χ0) is 10.0. The van der Waals surface area contributed by atoms with Crippen LogP contribution in [0, 0.1) is 6.92 Å². The molecule has 0 radical (unpaired) electrons. The fraction of sp³-hybridized carbons (Fsp3) is 0.400. The molecule has 2 nitrogen and oxygen atoms in total. The van der Waals surface area contributed by atoms with Crippen molar-refractivity contribution in [2.75, 3.05) is 0 Å². The first-order valence-electron chi connectivity index (χ1n) is 4.22. The third kappa shape index (κ3) is 2.53. The Morgan fingerprint density at radius 1 is 1.46 bits per heavy atom. The van der Waals surface area contributed by atoms with Gasteiger partial charge in [-0.25, -0.2) is 0 Å². The van der Waals surface area contributed by atoms with Crippen LogP contribution in [-0.4, -0.2) is 11.1 Å². The van der Waals surface area contributed by atoms with E-state index in [1.54, 1.807) is 6.92 Å². The molecule has 0 heterocycles. The van der Waals surface area contributed by atoms with Crippen LogP contribution < -0.4 is 5.73 Å². The smallest absolute Gasteiger partial charge is 0.0938 e. The summed E-state index contributed by atoms with van der Waals surface area (Å²) in [6.45, 7) is 3.80. The maximum absolute atomic E-state index is 9.67. The lowest BCUT2D eigenvalue weighted by molar-refractivity contribution is 0.153. The van der Waals surface area contributed by atoms with Gasteiger partial charge in [-0.3, -0.25) is 0 Å². The van der Waals surface area contributed by atoms with Crippen molar-refractivity contribution in [3.8, 4) is 0 Å². The summed E-state index contributed by atoms with van der Waals surface area (Å²) in [6.07, 6.45) is -0.586. The van der Waals surface area contributed by atoms with Crippen LogP contribution >= 0.6 is 15.9 Å². The van der Waals surface area contributed by atoms with Crippen LogP contribution in [0.3, 0.4) is 0 Å². The van der Waals surface area contributed by atoms with Crippen molar-refractivity contribution in [3.63, 3.8) is 0 Å². The molecule has 3 heteroatoms. The van der Waals surface area contributed by atoms with Gasteiger partial charge in [0.1, 0.15) is 0 Å². The van der Waals surface area contributed by atoms with E-state index in [-0.39, 0.29) is 6.04 Å². The van der Waals surface area contributed by atoms with E-state index < -0.39 is 6.10 Å². The first kappa shape index (κ1) is 10.7. The van der Waals surface area contributed by atoms with Gasteiger partial charge in [0, 0.05) is 10.5 Å². The van der Waals surface area contributed by atoms with E-state index in [9.17, 15) is 5.11 Å². The second-order valence-electron chi connectivity index (χ2n) is 3.31. The lowest BCUT2D eigenvalue weighted by Gasteiger charge is -2.15. The molecular weight excluding hydrogens is 230 g/mol. The van der Waals surface area contributed by atoms with Gasteiger partial charge in [0.2, 0.25) is 0 Å². The van der Waals surface area contributed by atoms with E-state index in [4.69, 9.17) is 5.73 Å². The molecule has 72 valence electrons. The highest BCUT2D eigenvalue weighted by molar-refractivity contribution is 9.10. The van der Waals surface area contributed by atoms with Gasteiger partial charge in [-0.2, -0.15) is 0 Å². The maximum atomic E-state index is 9.67. The van der Waals surface area contributed by atoms with Crippen molar-refractivity contribution in [3.05, 3.63) is 33.8 Å². The molecule has 0 spiro atoms. The van der Waals surface area contributed by atoms with Crippen LogP contribution in [0.4, 0.5) is 0 Å². The summed E-state index contributed by atoms with van der Waals surface area (Å²) in [6, 6.07) is 5.53. The Labute approximate surface area is 86.9 Å². The number of hydrogen-bond acceptors (Lipinski definition) is 2. The van der Waals surface area contributed by atoms with E-state index in [0.29, 0.717) is 0 Å². The van der Waals surface area contributed by atoms with E-state index in [0.717, 1.165) is 15.6 Å². The summed E-state index contributed by atoms with van der Waals surface area (Å²) in [5.41, 5.74) is 7.60. The molecule has 0 saturated carbocycles. The first-order valence-corrected chi connectivity index (χ1v) is 5.01. The SMILES string of the molecule is Cc1ccc(C(O)C(C)N)cc1Br. The maximum Gasteiger partial charge on any atom is 0.0938 e. The Kier molecular flexibility index (Phi) is 3.47. The molecule has 0 aromatic heterocycles. The molecule has 2 unspecified atom stereocenters. The normalized spacial score (nSPS) is 15.5. The molecule has 0 aliphatic heterocycles. The Morgan fingerprint density at radius 3 is 2.54 bits per heavy atom. The second-order valence-corrected chi connectivity index (χ2v) is 4.17. The lowest BCUT2D eigenvalue weighted by Crippen LogP contribution is -2.24. The number of benzene rings is 1. The van der Waals surface area contributed by atoms with Crippen molar-refractivity contribution >= 4 is 15.9 Å². The molecule has 0 aliphatic carbocycles. The minimum absolute atomic E-state index is 0.241. The molecule has 0 bridgehead atoms. The van der Waals surface area contributed by atoms with Gasteiger partial charge in [0.15, 0.2) is 0 Å². The molecule has 1 aromatic rings. The average Bonchev–Trinajstić information content (AvgIpc) is 2.08. The zero-order valence-corrected chi connectivity index (χ0v) is 9.38. The number of nitrogens with two attached hydrogens (primary N) is 1. The predicted octanol–water partition coefficient (Wildman–Crippen LogP) is 2.14. The van der Waals surface area contributed by atoms with E-state index in [1.807, 2.05) is 25.1 Å². The fourth-order valence-corrected chi connectivity index (χ4v) is 1.49. The third-order valence-electron chi connectivity index (χ3n) is 2.04. The van der Waals surface area contributed by atoms with Crippen molar-refractivity contribution in [2.45, 2.75) is 26.0 Å². The van der Waals surface area contributed by atoms with Crippen molar-refractivity contribution in [2.24, 2.45) is 5.73 Å². The Bertz CT molecular complexity index is 299. The van der Waals surface area contributed by atoms with Crippen LogP contribution in [0.1, 0.15) is 24.2 Å². The quantitative estimate of drug-likeness (QED) is 0.837. The number of halogens is 1. The van der Waals surface area contributed by atoms with Crippen molar-refractivity contribution in [1.82, 2.24) is 0 Å². The van der Waals surface area contributed by atoms with Gasteiger partial charge in [-0.05, 0) is 31.0 Å². The summed E-state index contributed by atoms with van der Waals surface area (Å²) in [7, 11) is 0. The molecule has 1 aromatic carbocycles. The van der Waals surface area contributed by atoms with Gasteiger partial charge >= 0.3 is 0 Å².